The summed E-state index contributed by atoms with van der Waals surface area (Å²) in [5.74, 6) is 3.11. The molecule has 1 saturated heterocycles. The molecular formula is C41H74N2P4+4. The highest BCUT2D eigenvalue weighted by atomic mass is 31.2. The molecule has 4 aliphatic rings. The lowest BCUT2D eigenvalue weighted by Gasteiger charge is -2.23. The van der Waals surface area contributed by atoms with Crippen LogP contribution in [0.5, 0.6) is 0 Å². The second-order valence-electron chi connectivity index (χ2n) is 14.2. The molecule has 2 nitrogen and oxygen atoms in total. The fraction of sp³-hybridized carbons (Fsp3) is 0.561. The molecular weight excluding hydrogens is 644 g/mol. The van der Waals surface area contributed by atoms with Crippen LogP contribution < -0.4 is 20.4 Å². The zero-order chi connectivity index (χ0) is 36.2. The van der Waals surface area contributed by atoms with Gasteiger partial charge in [0.2, 0.25) is 0 Å². The zero-order valence-corrected chi connectivity index (χ0v) is 37.3. The third-order valence-corrected chi connectivity index (χ3v) is 27.5. The molecule has 0 saturated carbocycles. The monoisotopic (exact) mass is 718 g/mol. The van der Waals surface area contributed by atoms with Crippen LogP contribution in [-0.4, -0.2) is 90.7 Å². The molecule has 1 atom stereocenters. The van der Waals surface area contributed by atoms with Crippen molar-refractivity contribution in [3.05, 3.63) is 78.4 Å². The minimum absolute atomic E-state index is 0.365. The molecule has 0 amide bonds. The number of rotatable bonds is 0. The first-order valence-electron chi connectivity index (χ1n) is 18.3. The van der Waals surface area contributed by atoms with Gasteiger partial charge in [-0.25, -0.2) is 0 Å². The van der Waals surface area contributed by atoms with Crippen molar-refractivity contribution in [1.29, 1.82) is 0 Å². The number of hydrogen-bond acceptors (Lipinski definition) is 2. The van der Waals surface area contributed by atoms with Crippen molar-refractivity contribution in [2.45, 2.75) is 68.0 Å². The number of benzene rings is 3. The highest BCUT2D eigenvalue weighted by molar-refractivity contribution is 8.02. The Kier molecular flexibility index (Phi) is 18.2. The van der Waals surface area contributed by atoms with Crippen LogP contribution >= 0.6 is 29.0 Å². The van der Waals surface area contributed by atoms with Crippen molar-refractivity contribution in [3.8, 4) is 0 Å². The molecule has 3 aromatic rings. The fourth-order valence-corrected chi connectivity index (χ4v) is 33.4. The summed E-state index contributed by atoms with van der Waals surface area (Å²) in [4.78, 5) is 4.85. The lowest BCUT2D eigenvalue weighted by atomic mass is 10.1. The van der Waals surface area contributed by atoms with E-state index in [2.05, 4.69) is 143 Å². The van der Waals surface area contributed by atoms with E-state index >= 15 is 0 Å². The van der Waals surface area contributed by atoms with Crippen molar-refractivity contribution in [3.63, 3.8) is 0 Å². The standard InChI is InChI=1S/C15H14N2.C11H18P2.C7H18P2.4C2H6/c1-16-13-8-4-5-9-14(13)17-12-7-3-2-6-11(12)10-15(16)17;1-12(2)9-13(3,4)11-8-6-5-7-10(11)12;1-8(2)5-6-9(3,4)7-8;4*1-2/h2-9,15H,10H2,1H3;5-8H,9H2,1-4H3;5-7H2,1-4H3;4*1-2H3/q;2*+2;;;;/t15-;;;;;;/m1....../s1. The quantitative estimate of drug-likeness (QED) is 0.214. The van der Waals surface area contributed by atoms with E-state index in [1.807, 2.05) is 55.4 Å². The van der Waals surface area contributed by atoms with Gasteiger partial charge in [-0.1, -0.05) is 97.9 Å². The Morgan fingerprint density at radius 3 is 1.30 bits per heavy atom. The van der Waals surface area contributed by atoms with E-state index in [1.54, 1.807) is 28.8 Å². The third kappa shape index (κ3) is 11.0. The first-order valence-corrected chi connectivity index (χ1v) is 30.1. The topological polar surface area (TPSA) is 6.48 Å². The van der Waals surface area contributed by atoms with Crippen LogP contribution in [0.4, 0.5) is 17.1 Å². The summed E-state index contributed by atoms with van der Waals surface area (Å²) < 4.78 is 0. The van der Waals surface area contributed by atoms with Crippen LogP contribution in [0.3, 0.4) is 0 Å². The van der Waals surface area contributed by atoms with E-state index in [0.717, 1.165) is 6.42 Å². The van der Waals surface area contributed by atoms with E-state index in [1.165, 1.54) is 28.5 Å². The predicted octanol–water partition coefficient (Wildman–Crippen LogP) is 12.2. The summed E-state index contributed by atoms with van der Waals surface area (Å²) in [5, 5.41) is 3.40. The maximum atomic E-state index is 2.52. The molecule has 264 valence electrons. The SMILES string of the molecule is CC.CC.CC.CC.CN1c2ccccc2N2c3ccccc3C[C@H]12.C[P+]1(C)CC[P+](C)(C)C1.C[P+]1(C)C[P+](C)(C)c2ccccc21. The second kappa shape index (κ2) is 19.4. The number of anilines is 3. The molecule has 1 fully saturated rings. The molecule has 0 aromatic heterocycles. The minimum atomic E-state index is -0.755. The molecule has 0 N–H and O–H groups in total. The number of fused-ring (bicyclic) bond motifs is 6. The van der Waals surface area contributed by atoms with E-state index in [4.69, 9.17) is 0 Å². The van der Waals surface area contributed by atoms with Gasteiger partial charge in [-0.15, -0.1) is 0 Å². The Morgan fingerprint density at radius 2 is 0.872 bits per heavy atom. The zero-order valence-electron chi connectivity index (χ0n) is 33.7. The summed E-state index contributed by atoms with van der Waals surface area (Å²) in [5.41, 5.74) is 5.50. The number of nitrogens with zero attached hydrogens (tertiary/aromatic N) is 2. The van der Waals surface area contributed by atoms with E-state index in [9.17, 15) is 0 Å². The number of likely N-dealkylation sites (N-methyl/N-ethyl adjacent to an activating group) is 1. The highest BCUT2D eigenvalue weighted by Gasteiger charge is 2.54. The van der Waals surface area contributed by atoms with Gasteiger partial charge in [-0.2, -0.15) is 0 Å². The average Bonchev–Trinajstić information content (AvgIpc) is 3.73. The fourth-order valence-electron chi connectivity index (χ4n) is 7.34. The van der Waals surface area contributed by atoms with Crippen LogP contribution in [-0.2, 0) is 6.42 Å². The Hall–Kier alpha value is -1.02. The summed E-state index contributed by atoms with van der Waals surface area (Å²) in [6, 6.07) is 26.5. The molecule has 4 aliphatic heterocycles. The van der Waals surface area contributed by atoms with Crippen LogP contribution in [0.15, 0.2) is 72.8 Å². The van der Waals surface area contributed by atoms with Gasteiger partial charge in [-0.05, 0) is 35.9 Å². The first kappa shape index (κ1) is 44.0. The van der Waals surface area contributed by atoms with Crippen LogP contribution in [0, 0.1) is 0 Å². The van der Waals surface area contributed by atoms with Crippen LogP contribution in [0.2, 0.25) is 0 Å². The van der Waals surface area contributed by atoms with Gasteiger partial charge in [0.15, 0.2) is 11.8 Å². The lowest BCUT2D eigenvalue weighted by molar-refractivity contribution is 0.704. The largest absolute Gasteiger partial charge is 0.352 e. The lowest BCUT2D eigenvalue weighted by Crippen LogP contribution is -2.35. The molecule has 0 bridgehead atoms. The smallest absolute Gasteiger partial charge is 0.168 e. The summed E-state index contributed by atoms with van der Waals surface area (Å²) in [6.45, 7) is 36.0. The van der Waals surface area contributed by atoms with Gasteiger partial charge in [0.05, 0.1) is 91.5 Å². The van der Waals surface area contributed by atoms with Crippen molar-refractivity contribution >= 4 is 56.7 Å². The molecule has 47 heavy (non-hydrogen) atoms. The van der Waals surface area contributed by atoms with Crippen molar-refractivity contribution in [2.24, 2.45) is 0 Å². The molecule has 4 heterocycles. The molecule has 0 unspecified atom stereocenters. The van der Waals surface area contributed by atoms with Gasteiger partial charge in [0, 0.05) is 33.7 Å². The van der Waals surface area contributed by atoms with Gasteiger partial charge in [0.1, 0.15) is 16.8 Å². The molecule has 0 spiro atoms. The Bertz CT molecular complexity index is 1300. The molecule has 6 heteroatoms. The third-order valence-electron chi connectivity index (χ3n) is 8.89. The van der Waals surface area contributed by atoms with E-state index < -0.39 is 14.5 Å². The van der Waals surface area contributed by atoms with Crippen molar-refractivity contribution in [1.82, 2.24) is 0 Å². The van der Waals surface area contributed by atoms with Crippen molar-refractivity contribution in [2.75, 3.05) is 94.3 Å². The Morgan fingerprint density at radius 1 is 0.489 bits per heavy atom. The summed E-state index contributed by atoms with van der Waals surface area (Å²) in [7, 11) is -0.0515. The average molecular weight is 719 g/mol. The normalized spacial score (nSPS) is 20.0. The molecule has 0 aliphatic carbocycles. The highest BCUT2D eigenvalue weighted by Crippen LogP contribution is 2.74. The van der Waals surface area contributed by atoms with Crippen LogP contribution in [0.25, 0.3) is 0 Å². The first-order chi connectivity index (χ1) is 22.2. The Balaban J connectivity index is 0.000000330. The van der Waals surface area contributed by atoms with Crippen LogP contribution in [0.1, 0.15) is 61.0 Å². The van der Waals surface area contributed by atoms with Gasteiger partial charge in [-0.3, -0.25) is 0 Å². The van der Waals surface area contributed by atoms with Gasteiger partial charge < -0.3 is 9.80 Å². The summed E-state index contributed by atoms with van der Waals surface area (Å²) >= 11 is 0. The number of hydrogen-bond donors (Lipinski definition) is 0. The molecule has 0 radical (unpaired) electrons. The van der Waals surface area contributed by atoms with Gasteiger partial charge >= 0.3 is 0 Å². The van der Waals surface area contributed by atoms with Gasteiger partial charge in [0.25, 0.3) is 0 Å². The second-order valence-corrected chi connectivity index (χ2v) is 32.8. The molecule has 7 rings (SSSR count). The minimum Gasteiger partial charge on any atom is -0.352 e. The Labute approximate surface area is 296 Å². The summed E-state index contributed by atoms with van der Waals surface area (Å²) in [6.07, 6.45) is 4.73. The maximum absolute atomic E-state index is 2.52. The predicted molar refractivity (Wildman–Crippen MR) is 237 cm³/mol. The molecule has 3 aromatic carbocycles. The van der Waals surface area contributed by atoms with E-state index in [0.29, 0.717) is 6.17 Å². The number of para-hydroxylation sites is 3. The maximum Gasteiger partial charge on any atom is 0.168 e. The van der Waals surface area contributed by atoms with Crippen molar-refractivity contribution < 1.29 is 0 Å². The van der Waals surface area contributed by atoms with E-state index in [-0.39, 0.29) is 14.5 Å².